The second kappa shape index (κ2) is 5.59. The normalized spacial score (nSPS) is 21.6. The first-order valence-corrected chi connectivity index (χ1v) is 8.21. The maximum absolute atomic E-state index is 12.0. The molecule has 4 rings (SSSR count). The fourth-order valence-electron chi connectivity index (χ4n) is 3.93. The molecule has 1 aromatic carbocycles. The predicted molar refractivity (Wildman–Crippen MR) is 85.7 cm³/mol. The molecular weight excluding hydrogens is 274 g/mol. The minimum Gasteiger partial charge on any atom is -0.309 e. The molecule has 1 saturated carbocycles. The Balaban J connectivity index is 1.62. The number of hydrogen-bond donors (Lipinski definition) is 1. The standard InChI is InChI=1S/C18H21N3O/c22-17-10-15(14-8-4-5-9-14)16-12-21(20-18(16)19-17)11-13-6-2-1-3-7-13/h1-3,6-7,12,14-15H,4-5,8-11H2,(H,19,20,22). The van der Waals surface area contributed by atoms with Gasteiger partial charge in [0.15, 0.2) is 5.82 Å². The number of aromatic nitrogens is 2. The quantitative estimate of drug-likeness (QED) is 0.941. The van der Waals surface area contributed by atoms with Crippen molar-refractivity contribution < 1.29 is 4.79 Å². The Hall–Kier alpha value is -2.10. The number of hydrogen-bond acceptors (Lipinski definition) is 2. The number of rotatable bonds is 3. The van der Waals surface area contributed by atoms with Crippen molar-refractivity contribution in [2.24, 2.45) is 5.92 Å². The van der Waals surface area contributed by atoms with E-state index in [1.165, 1.54) is 36.8 Å². The lowest BCUT2D eigenvalue weighted by Crippen LogP contribution is -2.25. The number of carbonyl (C=O) groups excluding carboxylic acids is 1. The smallest absolute Gasteiger partial charge is 0.226 e. The summed E-state index contributed by atoms with van der Waals surface area (Å²) in [6, 6.07) is 10.3. The summed E-state index contributed by atoms with van der Waals surface area (Å²) >= 11 is 0. The molecule has 4 heteroatoms. The van der Waals surface area contributed by atoms with Crippen LogP contribution >= 0.6 is 0 Å². The van der Waals surface area contributed by atoms with E-state index in [0.717, 1.165) is 12.4 Å². The molecule has 1 aliphatic heterocycles. The molecule has 1 aromatic heterocycles. The number of fused-ring (bicyclic) bond motifs is 1. The van der Waals surface area contributed by atoms with Crippen LogP contribution in [-0.2, 0) is 11.3 Å². The van der Waals surface area contributed by atoms with E-state index >= 15 is 0 Å². The molecule has 1 unspecified atom stereocenters. The third-order valence-corrected chi connectivity index (χ3v) is 5.01. The lowest BCUT2D eigenvalue weighted by Gasteiger charge is -2.26. The highest BCUT2D eigenvalue weighted by molar-refractivity contribution is 5.93. The van der Waals surface area contributed by atoms with Crippen molar-refractivity contribution in [1.29, 1.82) is 0 Å². The molecule has 0 spiro atoms. The SMILES string of the molecule is O=C1CC(C2CCCC2)c2cn(Cc3ccccc3)nc2N1. The highest BCUT2D eigenvalue weighted by Crippen LogP contribution is 2.43. The summed E-state index contributed by atoms with van der Waals surface area (Å²) in [5.74, 6) is 1.91. The minimum atomic E-state index is 0.120. The van der Waals surface area contributed by atoms with Crippen molar-refractivity contribution in [1.82, 2.24) is 9.78 Å². The van der Waals surface area contributed by atoms with Crippen LogP contribution < -0.4 is 5.32 Å². The van der Waals surface area contributed by atoms with Crippen molar-refractivity contribution >= 4 is 11.7 Å². The summed E-state index contributed by atoms with van der Waals surface area (Å²) < 4.78 is 1.97. The van der Waals surface area contributed by atoms with Gasteiger partial charge in [0, 0.05) is 24.1 Å². The second-order valence-corrected chi connectivity index (χ2v) is 6.52. The Labute approximate surface area is 130 Å². The van der Waals surface area contributed by atoms with Gasteiger partial charge in [-0.2, -0.15) is 5.10 Å². The number of nitrogens with zero attached hydrogens (tertiary/aromatic N) is 2. The van der Waals surface area contributed by atoms with Gasteiger partial charge < -0.3 is 5.32 Å². The molecule has 22 heavy (non-hydrogen) atoms. The van der Waals surface area contributed by atoms with Crippen LogP contribution in [0.2, 0.25) is 0 Å². The molecule has 4 nitrogen and oxygen atoms in total. The van der Waals surface area contributed by atoms with E-state index in [4.69, 9.17) is 0 Å². The van der Waals surface area contributed by atoms with E-state index < -0.39 is 0 Å². The van der Waals surface area contributed by atoms with Crippen LogP contribution in [0.25, 0.3) is 0 Å². The number of carbonyl (C=O) groups is 1. The molecular formula is C18H21N3O. The first-order valence-electron chi connectivity index (χ1n) is 8.21. The maximum Gasteiger partial charge on any atom is 0.226 e. The molecule has 1 N–H and O–H groups in total. The zero-order valence-corrected chi connectivity index (χ0v) is 12.7. The zero-order chi connectivity index (χ0) is 14.9. The summed E-state index contributed by atoms with van der Waals surface area (Å²) in [6.45, 7) is 0.751. The van der Waals surface area contributed by atoms with E-state index in [2.05, 4.69) is 28.7 Å². The molecule has 1 aliphatic carbocycles. The van der Waals surface area contributed by atoms with E-state index in [-0.39, 0.29) is 5.91 Å². The van der Waals surface area contributed by atoms with Crippen molar-refractivity contribution in [3.8, 4) is 0 Å². The van der Waals surface area contributed by atoms with Crippen LogP contribution in [0, 0.1) is 5.92 Å². The molecule has 0 radical (unpaired) electrons. The monoisotopic (exact) mass is 295 g/mol. The fourth-order valence-corrected chi connectivity index (χ4v) is 3.93. The molecule has 2 aromatic rings. The van der Waals surface area contributed by atoms with Gasteiger partial charge >= 0.3 is 0 Å². The van der Waals surface area contributed by atoms with Crippen molar-refractivity contribution in [3.05, 3.63) is 47.7 Å². The van der Waals surface area contributed by atoms with Gasteiger partial charge in [0.25, 0.3) is 0 Å². The van der Waals surface area contributed by atoms with Crippen LogP contribution in [0.15, 0.2) is 36.5 Å². The molecule has 1 fully saturated rings. The van der Waals surface area contributed by atoms with Crippen molar-refractivity contribution in [2.75, 3.05) is 5.32 Å². The fraction of sp³-hybridized carbons (Fsp3) is 0.444. The first-order chi connectivity index (χ1) is 10.8. The van der Waals surface area contributed by atoms with Gasteiger partial charge in [-0.3, -0.25) is 9.48 Å². The Morgan fingerprint density at radius 3 is 2.73 bits per heavy atom. The molecule has 1 amide bonds. The molecule has 114 valence electrons. The van der Waals surface area contributed by atoms with Crippen LogP contribution in [0.1, 0.15) is 49.1 Å². The third kappa shape index (κ3) is 2.54. The van der Waals surface area contributed by atoms with E-state index in [1.807, 2.05) is 22.9 Å². The summed E-state index contributed by atoms with van der Waals surface area (Å²) in [7, 11) is 0. The summed E-state index contributed by atoms with van der Waals surface area (Å²) in [6.07, 6.45) is 7.87. The summed E-state index contributed by atoms with van der Waals surface area (Å²) in [4.78, 5) is 12.0. The average molecular weight is 295 g/mol. The van der Waals surface area contributed by atoms with Gasteiger partial charge in [-0.1, -0.05) is 43.2 Å². The molecule has 0 bridgehead atoms. The molecule has 1 atom stereocenters. The lowest BCUT2D eigenvalue weighted by molar-refractivity contribution is -0.117. The number of anilines is 1. The predicted octanol–water partition coefficient (Wildman–Crippen LogP) is 3.55. The maximum atomic E-state index is 12.0. The van der Waals surface area contributed by atoms with Crippen LogP contribution in [0.5, 0.6) is 0 Å². The lowest BCUT2D eigenvalue weighted by atomic mass is 9.81. The Morgan fingerprint density at radius 2 is 1.95 bits per heavy atom. The van der Waals surface area contributed by atoms with Gasteiger partial charge in [-0.25, -0.2) is 0 Å². The molecule has 0 saturated heterocycles. The summed E-state index contributed by atoms with van der Waals surface area (Å²) in [5.41, 5.74) is 2.47. The molecule has 2 heterocycles. The Bertz CT molecular complexity index is 671. The number of benzene rings is 1. The highest BCUT2D eigenvalue weighted by atomic mass is 16.1. The van der Waals surface area contributed by atoms with E-state index in [1.54, 1.807) is 0 Å². The van der Waals surface area contributed by atoms with Gasteiger partial charge in [0.05, 0.1) is 6.54 Å². The summed E-state index contributed by atoms with van der Waals surface area (Å²) in [5, 5.41) is 7.55. The largest absolute Gasteiger partial charge is 0.309 e. The van der Waals surface area contributed by atoms with Crippen molar-refractivity contribution in [3.63, 3.8) is 0 Å². The average Bonchev–Trinajstić information content (AvgIpc) is 3.16. The number of amides is 1. The van der Waals surface area contributed by atoms with Crippen LogP contribution in [-0.4, -0.2) is 15.7 Å². The second-order valence-electron chi connectivity index (χ2n) is 6.52. The molecule has 2 aliphatic rings. The van der Waals surface area contributed by atoms with Gasteiger partial charge in [-0.05, 0) is 24.3 Å². The van der Waals surface area contributed by atoms with E-state index in [9.17, 15) is 4.79 Å². The first kappa shape index (κ1) is 13.6. The topological polar surface area (TPSA) is 46.9 Å². The number of nitrogens with one attached hydrogen (secondary N) is 1. The van der Waals surface area contributed by atoms with Gasteiger partial charge in [0.2, 0.25) is 5.91 Å². The zero-order valence-electron chi connectivity index (χ0n) is 12.7. The van der Waals surface area contributed by atoms with Crippen LogP contribution in [0.4, 0.5) is 5.82 Å². The van der Waals surface area contributed by atoms with Gasteiger partial charge in [-0.15, -0.1) is 0 Å². The minimum absolute atomic E-state index is 0.120. The Morgan fingerprint density at radius 1 is 1.18 bits per heavy atom. The highest BCUT2D eigenvalue weighted by Gasteiger charge is 2.34. The van der Waals surface area contributed by atoms with Gasteiger partial charge in [0.1, 0.15) is 0 Å². The van der Waals surface area contributed by atoms with E-state index in [0.29, 0.717) is 18.3 Å². The van der Waals surface area contributed by atoms with Crippen LogP contribution in [0.3, 0.4) is 0 Å². The van der Waals surface area contributed by atoms with Crippen molar-refractivity contribution in [2.45, 2.75) is 44.6 Å². The Kier molecular flexibility index (Phi) is 3.45. The third-order valence-electron chi connectivity index (χ3n) is 5.01.